The first-order valence-corrected chi connectivity index (χ1v) is 4.50. The van der Waals surface area contributed by atoms with Gasteiger partial charge in [0.05, 0.1) is 10.5 Å². The molecular formula is C8H4BrClN2. The first-order chi connectivity index (χ1) is 5.77. The van der Waals surface area contributed by atoms with Crippen molar-refractivity contribution < 1.29 is 0 Å². The highest BCUT2D eigenvalue weighted by atomic mass is 79.9. The Balaban J connectivity index is 2.89. The minimum atomic E-state index is 0.618. The summed E-state index contributed by atoms with van der Waals surface area (Å²) in [6.45, 7) is 0. The molecular weight excluding hydrogens is 239 g/mol. The number of fused-ring (bicyclic) bond motifs is 1. The molecule has 0 unspecified atom stereocenters. The van der Waals surface area contributed by atoms with E-state index in [0.29, 0.717) is 5.02 Å². The van der Waals surface area contributed by atoms with Crippen LogP contribution in [-0.4, -0.2) is 9.97 Å². The SMILES string of the molecule is Clc1cc(Br)cc2nccnc12. The molecule has 0 spiro atoms. The molecule has 1 aromatic heterocycles. The first-order valence-electron chi connectivity index (χ1n) is 3.33. The minimum Gasteiger partial charge on any atom is -0.253 e. The second kappa shape index (κ2) is 2.99. The lowest BCUT2D eigenvalue weighted by Gasteiger charge is -1.98. The van der Waals surface area contributed by atoms with Crippen molar-refractivity contribution in [1.29, 1.82) is 0 Å². The fraction of sp³-hybridized carbons (Fsp3) is 0. The van der Waals surface area contributed by atoms with Crippen LogP contribution in [0.3, 0.4) is 0 Å². The van der Waals surface area contributed by atoms with E-state index in [1.165, 1.54) is 0 Å². The summed E-state index contributed by atoms with van der Waals surface area (Å²) in [6.07, 6.45) is 3.27. The maximum atomic E-state index is 5.93. The van der Waals surface area contributed by atoms with Crippen LogP contribution in [0.25, 0.3) is 11.0 Å². The summed E-state index contributed by atoms with van der Waals surface area (Å²) in [4.78, 5) is 8.23. The highest BCUT2D eigenvalue weighted by Crippen LogP contribution is 2.24. The summed E-state index contributed by atoms with van der Waals surface area (Å²) in [5.41, 5.74) is 1.54. The third kappa shape index (κ3) is 1.30. The lowest BCUT2D eigenvalue weighted by Crippen LogP contribution is -1.82. The third-order valence-corrected chi connectivity index (χ3v) is 2.24. The average molecular weight is 243 g/mol. The van der Waals surface area contributed by atoms with E-state index in [2.05, 4.69) is 25.9 Å². The van der Waals surface area contributed by atoms with Gasteiger partial charge in [0.25, 0.3) is 0 Å². The van der Waals surface area contributed by atoms with Crippen molar-refractivity contribution in [3.8, 4) is 0 Å². The van der Waals surface area contributed by atoms with E-state index < -0.39 is 0 Å². The molecule has 0 amide bonds. The van der Waals surface area contributed by atoms with Gasteiger partial charge in [-0.2, -0.15) is 0 Å². The molecule has 0 saturated carbocycles. The maximum absolute atomic E-state index is 5.93. The Morgan fingerprint density at radius 1 is 1.17 bits per heavy atom. The Labute approximate surface area is 82.7 Å². The van der Waals surface area contributed by atoms with Crippen LogP contribution in [0.2, 0.25) is 5.02 Å². The minimum absolute atomic E-state index is 0.618. The largest absolute Gasteiger partial charge is 0.253 e. The summed E-state index contributed by atoms with van der Waals surface area (Å²) in [5, 5.41) is 0.618. The van der Waals surface area contributed by atoms with Crippen LogP contribution in [0.4, 0.5) is 0 Å². The van der Waals surface area contributed by atoms with Crippen LogP contribution in [0.5, 0.6) is 0 Å². The Morgan fingerprint density at radius 2 is 1.92 bits per heavy atom. The number of aromatic nitrogens is 2. The topological polar surface area (TPSA) is 25.8 Å². The molecule has 2 rings (SSSR count). The van der Waals surface area contributed by atoms with Gasteiger partial charge in [0, 0.05) is 16.9 Å². The summed E-state index contributed by atoms with van der Waals surface area (Å²) < 4.78 is 0.917. The molecule has 0 saturated heterocycles. The molecule has 60 valence electrons. The molecule has 0 bridgehead atoms. The van der Waals surface area contributed by atoms with E-state index in [1.807, 2.05) is 6.07 Å². The molecule has 0 atom stereocenters. The number of benzene rings is 1. The first kappa shape index (κ1) is 7.95. The van der Waals surface area contributed by atoms with E-state index in [4.69, 9.17) is 11.6 Å². The van der Waals surface area contributed by atoms with Gasteiger partial charge in [-0.1, -0.05) is 27.5 Å². The second-order valence-corrected chi connectivity index (χ2v) is 3.63. The smallest absolute Gasteiger partial charge is 0.107 e. The Morgan fingerprint density at radius 3 is 2.75 bits per heavy atom. The Kier molecular flexibility index (Phi) is 1.98. The molecule has 0 fully saturated rings. The van der Waals surface area contributed by atoms with Crippen molar-refractivity contribution in [2.75, 3.05) is 0 Å². The molecule has 0 aliphatic rings. The molecule has 1 heterocycles. The summed E-state index contributed by atoms with van der Waals surface area (Å²) >= 11 is 9.26. The lowest BCUT2D eigenvalue weighted by molar-refractivity contribution is 1.29. The monoisotopic (exact) mass is 242 g/mol. The van der Waals surface area contributed by atoms with Crippen LogP contribution in [-0.2, 0) is 0 Å². The summed E-state index contributed by atoms with van der Waals surface area (Å²) in [6, 6.07) is 3.69. The zero-order valence-corrected chi connectivity index (χ0v) is 8.30. The van der Waals surface area contributed by atoms with Gasteiger partial charge in [-0.15, -0.1) is 0 Å². The number of hydrogen-bond acceptors (Lipinski definition) is 2. The summed E-state index contributed by atoms with van der Waals surface area (Å²) in [5.74, 6) is 0. The predicted octanol–water partition coefficient (Wildman–Crippen LogP) is 3.05. The quantitative estimate of drug-likeness (QED) is 0.711. The molecule has 0 aliphatic carbocycles. The van der Waals surface area contributed by atoms with Gasteiger partial charge < -0.3 is 0 Å². The fourth-order valence-electron chi connectivity index (χ4n) is 1.00. The molecule has 2 nitrogen and oxygen atoms in total. The number of rotatable bonds is 0. The highest BCUT2D eigenvalue weighted by Gasteiger charge is 2.01. The van der Waals surface area contributed by atoms with Crippen LogP contribution in [0.1, 0.15) is 0 Å². The zero-order chi connectivity index (χ0) is 8.55. The van der Waals surface area contributed by atoms with E-state index in [1.54, 1.807) is 18.5 Å². The van der Waals surface area contributed by atoms with Gasteiger partial charge in [0.15, 0.2) is 0 Å². The fourth-order valence-corrected chi connectivity index (χ4v) is 1.84. The maximum Gasteiger partial charge on any atom is 0.107 e. The van der Waals surface area contributed by atoms with Crippen LogP contribution in [0.15, 0.2) is 29.0 Å². The van der Waals surface area contributed by atoms with Gasteiger partial charge in [-0.05, 0) is 12.1 Å². The molecule has 12 heavy (non-hydrogen) atoms. The molecule has 0 radical (unpaired) electrons. The van der Waals surface area contributed by atoms with Gasteiger partial charge in [0.2, 0.25) is 0 Å². The van der Waals surface area contributed by atoms with Crippen molar-refractivity contribution in [3.05, 3.63) is 34.0 Å². The summed E-state index contributed by atoms with van der Waals surface area (Å²) in [7, 11) is 0. The molecule has 1 aromatic carbocycles. The van der Waals surface area contributed by atoms with Crippen molar-refractivity contribution in [1.82, 2.24) is 9.97 Å². The molecule has 2 aromatic rings. The van der Waals surface area contributed by atoms with Crippen molar-refractivity contribution >= 4 is 38.6 Å². The Bertz CT molecular complexity index is 430. The van der Waals surface area contributed by atoms with Crippen molar-refractivity contribution in [2.45, 2.75) is 0 Å². The standard InChI is InChI=1S/C8H4BrClN2/c9-5-3-6(10)8-7(4-5)11-1-2-12-8/h1-4H. The lowest BCUT2D eigenvalue weighted by atomic mass is 10.3. The molecule has 4 heteroatoms. The van der Waals surface area contributed by atoms with E-state index in [-0.39, 0.29) is 0 Å². The van der Waals surface area contributed by atoms with E-state index >= 15 is 0 Å². The second-order valence-electron chi connectivity index (χ2n) is 2.31. The van der Waals surface area contributed by atoms with Crippen molar-refractivity contribution in [2.24, 2.45) is 0 Å². The van der Waals surface area contributed by atoms with Gasteiger partial charge in [-0.25, -0.2) is 0 Å². The Hall–Kier alpha value is -0.670. The normalized spacial score (nSPS) is 10.5. The van der Waals surface area contributed by atoms with Crippen LogP contribution < -0.4 is 0 Å². The third-order valence-electron chi connectivity index (χ3n) is 1.49. The van der Waals surface area contributed by atoms with Gasteiger partial charge >= 0.3 is 0 Å². The molecule has 0 aliphatic heterocycles. The number of hydrogen-bond donors (Lipinski definition) is 0. The van der Waals surface area contributed by atoms with Crippen LogP contribution >= 0.6 is 27.5 Å². The average Bonchev–Trinajstić information content (AvgIpc) is 2.04. The van der Waals surface area contributed by atoms with E-state index in [9.17, 15) is 0 Å². The van der Waals surface area contributed by atoms with Gasteiger partial charge in [0.1, 0.15) is 5.52 Å². The van der Waals surface area contributed by atoms with E-state index in [0.717, 1.165) is 15.5 Å². The van der Waals surface area contributed by atoms with Crippen LogP contribution in [0, 0.1) is 0 Å². The van der Waals surface area contributed by atoms with Crippen molar-refractivity contribution in [3.63, 3.8) is 0 Å². The highest BCUT2D eigenvalue weighted by molar-refractivity contribution is 9.10. The van der Waals surface area contributed by atoms with Gasteiger partial charge in [-0.3, -0.25) is 9.97 Å². The zero-order valence-electron chi connectivity index (χ0n) is 5.96. The number of nitrogens with zero attached hydrogens (tertiary/aromatic N) is 2. The predicted molar refractivity (Wildman–Crippen MR) is 52.2 cm³/mol. The number of halogens is 2. The molecule has 0 N–H and O–H groups in total.